The fraction of sp³-hybridized carbons (Fsp3) is 0.200. The highest BCUT2D eigenvalue weighted by Gasteiger charge is 2.17. The first-order chi connectivity index (χ1) is 13.0. The van der Waals surface area contributed by atoms with E-state index in [1.54, 1.807) is 10.7 Å². The number of rotatable bonds is 6. The number of nitrogens with zero attached hydrogens (tertiary/aromatic N) is 3. The molecule has 0 aliphatic heterocycles. The van der Waals surface area contributed by atoms with Gasteiger partial charge in [-0.2, -0.15) is 5.10 Å². The summed E-state index contributed by atoms with van der Waals surface area (Å²) < 4.78 is 7.13. The molecule has 1 heterocycles. The average Bonchev–Trinajstić information content (AvgIpc) is 3.05. The Balaban J connectivity index is 1.89. The molecule has 0 radical (unpaired) electrons. The molecule has 0 aliphatic carbocycles. The van der Waals surface area contributed by atoms with Gasteiger partial charge >= 0.3 is 5.97 Å². The SMILES string of the molecule is CCCc1cc(OC(=O)c2ccc([N+](=O)[O-])cc2)n(-c2ccc(C)cc2)n1. The van der Waals surface area contributed by atoms with Crippen molar-refractivity contribution in [2.24, 2.45) is 0 Å². The van der Waals surface area contributed by atoms with E-state index in [1.165, 1.54) is 24.3 Å². The van der Waals surface area contributed by atoms with Gasteiger partial charge in [-0.15, -0.1) is 0 Å². The van der Waals surface area contributed by atoms with E-state index in [0.717, 1.165) is 29.8 Å². The van der Waals surface area contributed by atoms with E-state index < -0.39 is 10.9 Å². The van der Waals surface area contributed by atoms with Gasteiger partial charge in [-0.3, -0.25) is 10.1 Å². The van der Waals surface area contributed by atoms with Gasteiger partial charge < -0.3 is 4.74 Å². The number of ether oxygens (including phenoxy) is 1. The smallest absolute Gasteiger partial charge is 0.344 e. The van der Waals surface area contributed by atoms with E-state index in [4.69, 9.17) is 4.74 Å². The van der Waals surface area contributed by atoms with E-state index in [2.05, 4.69) is 5.10 Å². The lowest BCUT2D eigenvalue weighted by molar-refractivity contribution is -0.384. The molecule has 7 nitrogen and oxygen atoms in total. The Morgan fingerprint density at radius 2 is 1.81 bits per heavy atom. The molecule has 0 spiro atoms. The summed E-state index contributed by atoms with van der Waals surface area (Å²) >= 11 is 0. The fourth-order valence-electron chi connectivity index (χ4n) is 2.61. The van der Waals surface area contributed by atoms with Gasteiger partial charge in [0.25, 0.3) is 5.69 Å². The van der Waals surface area contributed by atoms with Gasteiger partial charge in [-0.05, 0) is 37.6 Å². The molecule has 0 fully saturated rings. The second-order valence-electron chi connectivity index (χ2n) is 6.16. The molecule has 0 aliphatic rings. The largest absolute Gasteiger partial charge is 0.404 e. The minimum Gasteiger partial charge on any atom is -0.404 e. The number of nitro benzene ring substituents is 1. The summed E-state index contributed by atoms with van der Waals surface area (Å²) in [5, 5.41) is 15.3. The molecule has 0 amide bonds. The Morgan fingerprint density at radius 1 is 1.15 bits per heavy atom. The van der Waals surface area contributed by atoms with Crippen molar-refractivity contribution in [2.45, 2.75) is 26.7 Å². The molecule has 2 aromatic carbocycles. The molecule has 7 heteroatoms. The summed E-state index contributed by atoms with van der Waals surface area (Å²) in [5.41, 5.74) is 2.87. The van der Waals surface area contributed by atoms with Crippen molar-refractivity contribution in [1.29, 1.82) is 0 Å². The molecule has 138 valence electrons. The number of aryl methyl sites for hydroxylation is 2. The van der Waals surface area contributed by atoms with Crippen LogP contribution in [0.4, 0.5) is 5.69 Å². The molecular formula is C20H19N3O4. The molecular weight excluding hydrogens is 346 g/mol. The van der Waals surface area contributed by atoms with Crippen LogP contribution in [-0.2, 0) is 6.42 Å². The van der Waals surface area contributed by atoms with Gasteiger partial charge in [-0.25, -0.2) is 9.48 Å². The van der Waals surface area contributed by atoms with Crippen molar-refractivity contribution in [3.63, 3.8) is 0 Å². The standard InChI is InChI=1S/C20H19N3O4/c1-3-4-16-13-19(22(21-16)17-9-5-14(2)6-10-17)27-20(24)15-7-11-18(12-8-15)23(25)26/h5-13H,3-4H2,1-2H3. The molecule has 0 atom stereocenters. The molecule has 27 heavy (non-hydrogen) atoms. The Labute approximate surface area is 156 Å². The van der Waals surface area contributed by atoms with Crippen LogP contribution in [0.15, 0.2) is 54.6 Å². The number of carbonyl (C=O) groups excluding carboxylic acids is 1. The minimum absolute atomic E-state index is 0.0820. The van der Waals surface area contributed by atoms with Crippen molar-refractivity contribution < 1.29 is 14.5 Å². The molecule has 0 saturated heterocycles. The zero-order chi connectivity index (χ0) is 19.4. The summed E-state index contributed by atoms with van der Waals surface area (Å²) in [6.07, 6.45) is 1.68. The van der Waals surface area contributed by atoms with Crippen LogP contribution in [0.3, 0.4) is 0 Å². The predicted octanol–water partition coefficient (Wildman–Crippen LogP) is 4.26. The van der Waals surface area contributed by atoms with Crippen LogP contribution in [0.2, 0.25) is 0 Å². The maximum absolute atomic E-state index is 12.5. The van der Waals surface area contributed by atoms with E-state index in [1.807, 2.05) is 38.1 Å². The number of aromatic nitrogens is 2. The summed E-state index contributed by atoms with van der Waals surface area (Å²) in [4.78, 5) is 22.7. The quantitative estimate of drug-likeness (QED) is 0.370. The first kappa shape index (κ1) is 18.3. The van der Waals surface area contributed by atoms with Crippen LogP contribution in [-0.4, -0.2) is 20.7 Å². The molecule has 0 N–H and O–H groups in total. The zero-order valence-corrected chi connectivity index (χ0v) is 15.1. The third-order valence-corrected chi connectivity index (χ3v) is 4.02. The summed E-state index contributed by atoms with van der Waals surface area (Å²) in [6.45, 7) is 4.04. The highest BCUT2D eigenvalue weighted by molar-refractivity contribution is 5.91. The predicted molar refractivity (Wildman–Crippen MR) is 100 cm³/mol. The first-order valence-electron chi connectivity index (χ1n) is 8.60. The molecule has 3 aromatic rings. The Kier molecular flexibility index (Phi) is 5.30. The van der Waals surface area contributed by atoms with Crippen LogP contribution in [0, 0.1) is 17.0 Å². The van der Waals surface area contributed by atoms with E-state index in [-0.39, 0.29) is 11.3 Å². The summed E-state index contributed by atoms with van der Waals surface area (Å²) in [6, 6.07) is 14.8. The summed E-state index contributed by atoms with van der Waals surface area (Å²) in [5.74, 6) is -0.285. The third kappa shape index (κ3) is 4.20. The fourth-order valence-corrected chi connectivity index (χ4v) is 2.61. The second-order valence-corrected chi connectivity index (χ2v) is 6.16. The van der Waals surface area contributed by atoms with Crippen molar-refractivity contribution >= 4 is 11.7 Å². The normalized spacial score (nSPS) is 10.6. The van der Waals surface area contributed by atoms with Crippen LogP contribution < -0.4 is 4.74 Å². The van der Waals surface area contributed by atoms with Gasteiger partial charge in [0.15, 0.2) is 0 Å². The highest BCUT2D eigenvalue weighted by atomic mass is 16.6. The lowest BCUT2D eigenvalue weighted by Crippen LogP contribution is -2.11. The van der Waals surface area contributed by atoms with Crippen LogP contribution >= 0.6 is 0 Å². The van der Waals surface area contributed by atoms with Gasteiger partial charge in [-0.1, -0.05) is 31.0 Å². The number of non-ortho nitro benzene ring substituents is 1. The topological polar surface area (TPSA) is 87.3 Å². The zero-order valence-electron chi connectivity index (χ0n) is 15.1. The monoisotopic (exact) mass is 365 g/mol. The van der Waals surface area contributed by atoms with Crippen molar-refractivity contribution in [1.82, 2.24) is 9.78 Å². The molecule has 0 bridgehead atoms. The second kappa shape index (κ2) is 7.82. The number of nitro groups is 1. The number of hydrogen-bond donors (Lipinski definition) is 0. The van der Waals surface area contributed by atoms with E-state index >= 15 is 0 Å². The summed E-state index contributed by atoms with van der Waals surface area (Å²) in [7, 11) is 0. The van der Waals surface area contributed by atoms with E-state index in [0.29, 0.717) is 5.88 Å². The average molecular weight is 365 g/mol. The van der Waals surface area contributed by atoms with Gasteiger partial charge in [0.2, 0.25) is 5.88 Å². The van der Waals surface area contributed by atoms with Crippen LogP contribution in [0.25, 0.3) is 5.69 Å². The number of benzene rings is 2. The number of hydrogen-bond acceptors (Lipinski definition) is 5. The molecule has 3 rings (SSSR count). The molecule has 0 saturated carbocycles. The van der Waals surface area contributed by atoms with Crippen molar-refractivity contribution in [3.8, 4) is 11.6 Å². The molecule has 0 unspecified atom stereocenters. The minimum atomic E-state index is -0.596. The van der Waals surface area contributed by atoms with Crippen LogP contribution in [0.5, 0.6) is 5.88 Å². The van der Waals surface area contributed by atoms with Crippen molar-refractivity contribution in [3.05, 3.63) is 81.5 Å². The Morgan fingerprint density at radius 3 is 2.41 bits per heavy atom. The van der Waals surface area contributed by atoms with Crippen LogP contribution in [0.1, 0.15) is 35.0 Å². The van der Waals surface area contributed by atoms with Gasteiger partial charge in [0, 0.05) is 18.2 Å². The maximum atomic E-state index is 12.5. The third-order valence-electron chi connectivity index (χ3n) is 4.02. The lowest BCUT2D eigenvalue weighted by Gasteiger charge is -2.08. The van der Waals surface area contributed by atoms with Gasteiger partial charge in [0.1, 0.15) is 0 Å². The lowest BCUT2D eigenvalue weighted by atomic mass is 10.2. The Hall–Kier alpha value is -3.48. The molecule has 1 aromatic heterocycles. The maximum Gasteiger partial charge on any atom is 0.344 e. The number of carbonyl (C=O) groups is 1. The number of esters is 1. The van der Waals surface area contributed by atoms with E-state index in [9.17, 15) is 14.9 Å². The van der Waals surface area contributed by atoms with Gasteiger partial charge in [0.05, 0.1) is 21.9 Å². The highest BCUT2D eigenvalue weighted by Crippen LogP contribution is 2.22. The van der Waals surface area contributed by atoms with Crippen molar-refractivity contribution in [2.75, 3.05) is 0 Å². The Bertz CT molecular complexity index is 960. The first-order valence-corrected chi connectivity index (χ1v) is 8.60.